The normalized spacial score (nSPS) is 16.2. The lowest BCUT2D eigenvalue weighted by molar-refractivity contribution is -0.461. The van der Waals surface area contributed by atoms with Crippen molar-refractivity contribution >= 4 is 8.80 Å². The van der Waals surface area contributed by atoms with Gasteiger partial charge in [0, 0.05) is 15.2 Å². The molecular formula is C16H19F17Si. The molecule has 0 atom stereocenters. The van der Waals surface area contributed by atoms with Crippen molar-refractivity contribution in [3.63, 3.8) is 0 Å². The lowest BCUT2D eigenvalue weighted by atomic mass is 9.88. The van der Waals surface area contributed by atoms with Crippen molar-refractivity contribution in [3.8, 4) is 0 Å². The highest BCUT2D eigenvalue weighted by molar-refractivity contribution is 6.61. The van der Waals surface area contributed by atoms with Gasteiger partial charge in [0.25, 0.3) is 0 Å². The number of hydrogen-bond donors (Lipinski definition) is 0. The van der Waals surface area contributed by atoms with E-state index in [1.807, 2.05) is 0 Å². The van der Waals surface area contributed by atoms with Crippen molar-refractivity contribution in [2.24, 2.45) is 0 Å². The Labute approximate surface area is 183 Å². The Kier molecular flexibility index (Phi) is 8.89. The number of halogens is 17. The van der Waals surface area contributed by atoms with E-state index in [0.29, 0.717) is 0 Å². The highest BCUT2D eigenvalue weighted by atomic mass is 28.3. The molecule has 0 aromatic rings. The third-order valence-corrected chi connectivity index (χ3v) is 9.67. The molecule has 34 heavy (non-hydrogen) atoms. The lowest BCUT2D eigenvalue weighted by Gasteiger charge is -2.43. The fraction of sp³-hybridized carbons (Fsp3) is 1.00. The first-order valence-corrected chi connectivity index (χ1v) is 11.4. The largest absolute Gasteiger partial charge is 0.460 e. The zero-order valence-corrected chi connectivity index (χ0v) is 18.7. The van der Waals surface area contributed by atoms with Crippen LogP contribution < -0.4 is 0 Å². The molecule has 18 heteroatoms. The van der Waals surface area contributed by atoms with Crippen molar-refractivity contribution in [2.45, 2.75) is 98.9 Å². The summed E-state index contributed by atoms with van der Waals surface area (Å²) in [6.45, 7) is 5.72. The Hall–Kier alpha value is -0.973. The van der Waals surface area contributed by atoms with Gasteiger partial charge in [-0.15, -0.1) is 0 Å². The van der Waals surface area contributed by atoms with Gasteiger partial charge < -0.3 is 0 Å². The summed E-state index contributed by atoms with van der Waals surface area (Å²) in [6, 6.07) is -0.946. The minimum Gasteiger partial charge on any atom is -0.200 e. The molecule has 0 nitrogen and oxygen atoms in total. The predicted molar refractivity (Wildman–Crippen MR) is 87.5 cm³/mol. The topological polar surface area (TPSA) is 0 Å². The molecule has 0 spiro atoms. The molecule has 206 valence electrons. The van der Waals surface area contributed by atoms with Crippen LogP contribution in [0.2, 0.25) is 17.1 Å². The van der Waals surface area contributed by atoms with Gasteiger partial charge in [0.05, 0.1) is 0 Å². The number of alkyl halides is 17. The fourth-order valence-corrected chi connectivity index (χ4v) is 6.71. The zero-order chi connectivity index (χ0) is 28.1. The molecule has 0 saturated heterocycles. The molecule has 0 radical (unpaired) electrons. The average Bonchev–Trinajstić information content (AvgIpc) is 2.58. The van der Waals surface area contributed by atoms with Gasteiger partial charge in [-0.2, -0.15) is 74.6 Å². The second kappa shape index (κ2) is 9.16. The molecule has 0 bridgehead atoms. The second-order valence-corrected chi connectivity index (χ2v) is 12.9. The third kappa shape index (κ3) is 4.84. The summed E-state index contributed by atoms with van der Waals surface area (Å²) in [5.74, 6) is -55.7. The van der Waals surface area contributed by atoms with Gasteiger partial charge in [-0.3, -0.25) is 0 Å². The first kappa shape index (κ1) is 33.0. The minimum absolute atomic E-state index is 0.431. The maximum Gasteiger partial charge on any atom is 0.460 e. The lowest BCUT2D eigenvalue weighted by Crippen LogP contribution is -2.74. The maximum absolute atomic E-state index is 13.9. The molecule has 0 unspecified atom stereocenters. The van der Waals surface area contributed by atoms with E-state index in [4.69, 9.17) is 0 Å². The summed E-state index contributed by atoms with van der Waals surface area (Å²) in [6.07, 6.45) is -10.1. The molecule has 0 fully saturated rings. The summed E-state index contributed by atoms with van der Waals surface area (Å²) >= 11 is 0. The van der Waals surface area contributed by atoms with Crippen LogP contribution in [0.3, 0.4) is 0 Å². The van der Waals surface area contributed by atoms with Gasteiger partial charge in [-0.25, -0.2) is 0 Å². The Morgan fingerprint density at radius 3 is 0.971 bits per heavy atom. The number of rotatable bonds is 11. The van der Waals surface area contributed by atoms with E-state index < -0.39 is 80.0 Å². The summed E-state index contributed by atoms with van der Waals surface area (Å²) in [5.41, 5.74) is -0.863. The SMILES string of the molecule is CC(C)[SiH](CCC(F)(F)C(F)(F)C(F)(F)C(F)(F)C(F)(F)C(F)(F)C(F)(F)C(F)(F)F)C(C)C. The van der Waals surface area contributed by atoms with Gasteiger partial charge >= 0.3 is 47.6 Å². The smallest absolute Gasteiger partial charge is 0.200 e. The maximum atomic E-state index is 13.9. The van der Waals surface area contributed by atoms with Crippen LogP contribution in [0.25, 0.3) is 0 Å². The summed E-state index contributed by atoms with van der Waals surface area (Å²) < 4.78 is 225. The van der Waals surface area contributed by atoms with Gasteiger partial charge in [0.2, 0.25) is 0 Å². The molecule has 0 rings (SSSR count). The first-order valence-electron chi connectivity index (χ1n) is 9.20. The van der Waals surface area contributed by atoms with Gasteiger partial charge in [-0.1, -0.05) is 44.8 Å². The van der Waals surface area contributed by atoms with Crippen LogP contribution in [0.15, 0.2) is 0 Å². The molecule has 0 saturated carbocycles. The van der Waals surface area contributed by atoms with Crippen LogP contribution in [0.5, 0.6) is 0 Å². The van der Waals surface area contributed by atoms with Crippen LogP contribution in [-0.2, 0) is 0 Å². The molecule has 0 heterocycles. The zero-order valence-electron chi connectivity index (χ0n) is 17.6. The quantitative estimate of drug-likeness (QED) is 0.175. The van der Waals surface area contributed by atoms with Crippen molar-refractivity contribution < 1.29 is 74.6 Å². The molecular weight excluding hydrogens is 543 g/mol. The minimum atomic E-state index is -8.57. The molecule has 0 aliphatic carbocycles. The van der Waals surface area contributed by atoms with E-state index in [9.17, 15) is 74.6 Å². The van der Waals surface area contributed by atoms with Crippen molar-refractivity contribution in [1.82, 2.24) is 0 Å². The van der Waals surface area contributed by atoms with Crippen LogP contribution in [0.4, 0.5) is 74.6 Å². The summed E-state index contributed by atoms with van der Waals surface area (Å²) in [5, 5.41) is 0. The summed E-state index contributed by atoms with van der Waals surface area (Å²) in [4.78, 5) is 0. The van der Waals surface area contributed by atoms with Gasteiger partial charge in [-0.05, 0) is 0 Å². The van der Waals surface area contributed by atoms with E-state index in [0.717, 1.165) is 0 Å². The third-order valence-electron chi connectivity index (χ3n) is 5.29. The summed E-state index contributed by atoms with van der Waals surface area (Å²) in [7, 11) is -2.49. The van der Waals surface area contributed by atoms with Crippen LogP contribution in [-0.4, -0.2) is 56.4 Å². The van der Waals surface area contributed by atoms with Crippen LogP contribution in [0, 0.1) is 0 Å². The van der Waals surface area contributed by atoms with E-state index in [1.54, 1.807) is 0 Å². The van der Waals surface area contributed by atoms with Crippen molar-refractivity contribution in [2.75, 3.05) is 0 Å². The second-order valence-electron chi connectivity index (χ2n) is 8.34. The Morgan fingerprint density at radius 1 is 0.441 bits per heavy atom. The standard InChI is InChI=1S/C16H19F17Si/c1-7(2)34(8(3)4)6-5-9(17,18)10(19,20)11(21,22)12(23,24)13(25,26)14(27,28)15(29,30)16(31,32)33/h7-8,34H,5-6H2,1-4H3. The first-order chi connectivity index (χ1) is 14.5. The van der Waals surface area contributed by atoms with E-state index in [2.05, 4.69) is 0 Å². The molecule has 0 aliphatic rings. The number of hydrogen-bond acceptors (Lipinski definition) is 0. The van der Waals surface area contributed by atoms with Crippen LogP contribution in [0.1, 0.15) is 34.1 Å². The van der Waals surface area contributed by atoms with Crippen LogP contribution >= 0.6 is 0 Å². The highest BCUT2D eigenvalue weighted by Gasteiger charge is 2.95. The monoisotopic (exact) mass is 562 g/mol. The molecule has 0 aliphatic heterocycles. The average molecular weight is 562 g/mol. The van der Waals surface area contributed by atoms with E-state index in [-0.39, 0.29) is 0 Å². The van der Waals surface area contributed by atoms with Crippen molar-refractivity contribution in [3.05, 3.63) is 0 Å². The molecule has 0 amide bonds. The highest BCUT2D eigenvalue weighted by Crippen LogP contribution is 2.64. The molecule has 0 aromatic heterocycles. The van der Waals surface area contributed by atoms with Gasteiger partial charge in [0.1, 0.15) is 0 Å². The predicted octanol–water partition coefficient (Wildman–Crippen LogP) is 8.43. The Morgan fingerprint density at radius 2 is 0.706 bits per heavy atom. The van der Waals surface area contributed by atoms with E-state index >= 15 is 0 Å². The Balaban J connectivity index is 6.50. The van der Waals surface area contributed by atoms with Crippen molar-refractivity contribution in [1.29, 1.82) is 0 Å². The Bertz CT molecular complexity index is 684. The molecule has 0 N–H and O–H groups in total. The molecule has 0 aromatic carbocycles. The van der Waals surface area contributed by atoms with E-state index in [1.165, 1.54) is 27.7 Å². The fourth-order valence-electron chi connectivity index (χ4n) is 3.14. The van der Waals surface area contributed by atoms with Gasteiger partial charge in [0.15, 0.2) is 0 Å².